The summed E-state index contributed by atoms with van der Waals surface area (Å²) in [5.41, 5.74) is 6.88. The number of primary amides is 1. The number of benzene rings is 2. The van der Waals surface area contributed by atoms with Gasteiger partial charge in [-0.2, -0.15) is 0 Å². The van der Waals surface area contributed by atoms with E-state index in [-0.39, 0.29) is 24.9 Å². The van der Waals surface area contributed by atoms with Gasteiger partial charge in [0.2, 0.25) is 5.91 Å². The molecule has 25 heavy (non-hydrogen) atoms. The molecule has 0 heterocycles. The van der Waals surface area contributed by atoms with E-state index in [2.05, 4.69) is 16.0 Å². The van der Waals surface area contributed by atoms with Gasteiger partial charge in [0, 0.05) is 30.8 Å². The molecule has 0 saturated heterocycles. The van der Waals surface area contributed by atoms with E-state index >= 15 is 0 Å². The molecule has 2 aromatic rings. The van der Waals surface area contributed by atoms with Crippen molar-refractivity contribution in [1.29, 1.82) is 0 Å². The molecule has 7 nitrogen and oxygen atoms in total. The van der Waals surface area contributed by atoms with Gasteiger partial charge in [-0.3, -0.25) is 9.59 Å². The van der Waals surface area contributed by atoms with Gasteiger partial charge in [0.15, 0.2) is 0 Å². The van der Waals surface area contributed by atoms with Crippen LogP contribution >= 0.6 is 0 Å². The average Bonchev–Trinajstić information content (AvgIpc) is 2.61. The Balaban J connectivity index is 1.86. The van der Waals surface area contributed by atoms with E-state index in [0.717, 1.165) is 5.56 Å². The molecule has 0 atom stereocenters. The molecule has 0 radical (unpaired) electrons. The van der Waals surface area contributed by atoms with E-state index in [4.69, 9.17) is 5.73 Å². The van der Waals surface area contributed by atoms with Gasteiger partial charge < -0.3 is 21.7 Å². The molecule has 0 bridgehead atoms. The molecule has 2 aromatic carbocycles. The van der Waals surface area contributed by atoms with Crippen molar-refractivity contribution in [3.05, 3.63) is 65.7 Å². The molecule has 0 aliphatic heterocycles. The number of hydrogen-bond donors (Lipinski definition) is 4. The number of carbonyl (C=O) groups is 3. The van der Waals surface area contributed by atoms with Crippen LogP contribution in [0, 0.1) is 0 Å². The molecule has 0 saturated carbocycles. The van der Waals surface area contributed by atoms with Crippen LogP contribution in [-0.4, -0.2) is 24.4 Å². The van der Waals surface area contributed by atoms with Crippen LogP contribution in [-0.2, 0) is 11.3 Å². The monoisotopic (exact) mass is 340 g/mol. The van der Waals surface area contributed by atoms with Gasteiger partial charge in [-0.1, -0.05) is 36.4 Å². The van der Waals surface area contributed by atoms with Crippen LogP contribution in [0.25, 0.3) is 0 Å². The molecule has 0 aliphatic rings. The molecule has 5 N–H and O–H groups in total. The number of carbonyl (C=O) groups excluding carboxylic acids is 3. The minimum atomic E-state index is -0.481. The highest BCUT2D eigenvalue weighted by atomic mass is 16.2. The quantitative estimate of drug-likeness (QED) is 0.614. The highest BCUT2D eigenvalue weighted by molar-refractivity contribution is 5.97. The van der Waals surface area contributed by atoms with Gasteiger partial charge >= 0.3 is 6.03 Å². The fourth-order valence-electron chi connectivity index (χ4n) is 2.09. The predicted molar refractivity (Wildman–Crippen MR) is 94.9 cm³/mol. The smallest absolute Gasteiger partial charge is 0.319 e. The SMILES string of the molecule is NC(=O)CCNC(=O)c1cccc(NC(=O)NCc2ccccc2)c1. The normalized spacial score (nSPS) is 9.92. The summed E-state index contributed by atoms with van der Waals surface area (Å²) in [4.78, 5) is 34.6. The fourth-order valence-corrected chi connectivity index (χ4v) is 2.09. The molecule has 2 rings (SSSR count). The Bertz CT molecular complexity index is 747. The minimum Gasteiger partial charge on any atom is -0.370 e. The number of hydrogen-bond acceptors (Lipinski definition) is 3. The zero-order valence-electron chi connectivity index (χ0n) is 13.6. The third-order valence-electron chi connectivity index (χ3n) is 3.34. The fraction of sp³-hybridized carbons (Fsp3) is 0.167. The first-order valence-electron chi connectivity index (χ1n) is 7.80. The van der Waals surface area contributed by atoms with Gasteiger partial charge in [-0.05, 0) is 23.8 Å². The molecule has 0 aliphatic carbocycles. The first-order chi connectivity index (χ1) is 12.0. The van der Waals surface area contributed by atoms with Crippen LogP contribution in [0.3, 0.4) is 0 Å². The maximum absolute atomic E-state index is 12.0. The number of amides is 4. The summed E-state index contributed by atoms with van der Waals surface area (Å²) >= 11 is 0. The minimum absolute atomic E-state index is 0.0750. The summed E-state index contributed by atoms with van der Waals surface area (Å²) in [6, 6.07) is 15.7. The lowest BCUT2D eigenvalue weighted by Gasteiger charge is -2.09. The van der Waals surface area contributed by atoms with Gasteiger partial charge in [0.1, 0.15) is 0 Å². The van der Waals surface area contributed by atoms with Crippen LogP contribution in [0.1, 0.15) is 22.3 Å². The lowest BCUT2D eigenvalue weighted by atomic mass is 10.2. The largest absolute Gasteiger partial charge is 0.370 e. The number of nitrogens with one attached hydrogen (secondary N) is 3. The van der Waals surface area contributed by atoms with E-state index in [1.54, 1.807) is 24.3 Å². The summed E-state index contributed by atoms with van der Waals surface area (Å²) in [7, 11) is 0. The zero-order chi connectivity index (χ0) is 18.1. The van der Waals surface area contributed by atoms with E-state index < -0.39 is 5.91 Å². The lowest BCUT2D eigenvalue weighted by Crippen LogP contribution is -2.29. The van der Waals surface area contributed by atoms with E-state index in [1.165, 1.54) is 0 Å². The van der Waals surface area contributed by atoms with Crippen molar-refractivity contribution >= 4 is 23.5 Å². The topological polar surface area (TPSA) is 113 Å². The number of nitrogens with two attached hydrogens (primary N) is 1. The van der Waals surface area contributed by atoms with Crippen LogP contribution in [0.5, 0.6) is 0 Å². The van der Waals surface area contributed by atoms with Crippen molar-refractivity contribution in [2.75, 3.05) is 11.9 Å². The summed E-state index contributed by atoms with van der Waals surface area (Å²) in [6.45, 7) is 0.573. The summed E-state index contributed by atoms with van der Waals surface area (Å²) in [5.74, 6) is -0.819. The maximum atomic E-state index is 12.0. The molecule has 0 aromatic heterocycles. The number of urea groups is 1. The second kappa shape index (κ2) is 9.07. The Hall–Kier alpha value is -3.35. The van der Waals surface area contributed by atoms with E-state index in [0.29, 0.717) is 17.8 Å². The first-order valence-corrected chi connectivity index (χ1v) is 7.80. The van der Waals surface area contributed by atoms with Gasteiger partial charge in [0.05, 0.1) is 0 Å². The molecular formula is C18H20N4O3. The molecule has 0 fully saturated rings. The molecule has 7 heteroatoms. The highest BCUT2D eigenvalue weighted by Gasteiger charge is 2.08. The van der Waals surface area contributed by atoms with Crippen molar-refractivity contribution in [2.45, 2.75) is 13.0 Å². The number of anilines is 1. The van der Waals surface area contributed by atoms with Crippen LogP contribution in [0.15, 0.2) is 54.6 Å². The second-order valence-corrected chi connectivity index (χ2v) is 5.35. The van der Waals surface area contributed by atoms with Gasteiger partial charge in [-0.15, -0.1) is 0 Å². The summed E-state index contributed by atoms with van der Waals surface area (Å²) in [6.07, 6.45) is 0.0750. The highest BCUT2D eigenvalue weighted by Crippen LogP contribution is 2.10. The van der Waals surface area contributed by atoms with Crippen molar-refractivity contribution < 1.29 is 14.4 Å². The Morgan fingerprint density at radius 1 is 0.920 bits per heavy atom. The second-order valence-electron chi connectivity index (χ2n) is 5.35. The van der Waals surface area contributed by atoms with Crippen molar-refractivity contribution in [3.8, 4) is 0 Å². The average molecular weight is 340 g/mol. The van der Waals surface area contributed by atoms with E-state index in [9.17, 15) is 14.4 Å². The Labute approximate surface area is 145 Å². The van der Waals surface area contributed by atoms with Crippen LogP contribution < -0.4 is 21.7 Å². The molecule has 0 spiro atoms. The Kier molecular flexibility index (Phi) is 6.53. The summed E-state index contributed by atoms with van der Waals surface area (Å²) in [5, 5.41) is 8.01. The molecular weight excluding hydrogens is 320 g/mol. The zero-order valence-corrected chi connectivity index (χ0v) is 13.6. The maximum Gasteiger partial charge on any atom is 0.319 e. The Morgan fingerprint density at radius 3 is 2.40 bits per heavy atom. The van der Waals surface area contributed by atoms with E-state index in [1.807, 2.05) is 30.3 Å². The van der Waals surface area contributed by atoms with Crippen molar-refractivity contribution in [2.24, 2.45) is 5.73 Å². The molecule has 130 valence electrons. The third kappa shape index (κ3) is 6.34. The van der Waals surface area contributed by atoms with Gasteiger partial charge in [0.25, 0.3) is 5.91 Å². The number of rotatable bonds is 7. The van der Waals surface area contributed by atoms with Crippen LogP contribution in [0.2, 0.25) is 0 Å². The standard InChI is InChI=1S/C18H20N4O3/c19-16(23)9-10-20-17(24)14-7-4-8-15(11-14)22-18(25)21-12-13-5-2-1-3-6-13/h1-8,11H,9-10,12H2,(H2,19,23)(H,20,24)(H2,21,22,25). The molecule has 0 unspecified atom stereocenters. The predicted octanol–water partition coefficient (Wildman–Crippen LogP) is 1.61. The van der Waals surface area contributed by atoms with Crippen LogP contribution in [0.4, 0.5) is 10.5 Å². The van der Waals surface area contributed by atoms with Crippen molar-refractivity contribution in [1.82, 2.24) is 10.6 Å². The Morgan fingerprint density at radius 2 is 1.68 bits per heavy atom. The van der Waals surface area contributed by atoms with Crippen molar-refractivity contribution in [3.63, 3.8) is 0 Å². The molecule has 4 amide bonds. The lowest BCUT2D eigenvalue weighted by molar-refractivity contribution is -0.117. The third-order valence-corrected chi connectivity index (χ3v) is 3.34. The van der Waals surface area contributed by atoms with Gasteiger partial charge in [-0.25, -0.2) is 4.79 Å². The summed E-state index contributed by atoms with van der Waals surface area (Å²) < 4.78 is 0. The first kappa shape index (κ1) is 18.0.